The third-order valence-electron chi connectivity index (χ3n) is 6.18. The zero-order chi connectivity index (χ0) is 20.7. The van der Waals surface area contributed by atoms with Gasteiger partial charge < -0.3 is 10.2 Å². The predicted molar refractivity (Wildman–Crippen MR) is 118 cm³/mol. The Kier molecular flexibility index (Phi) is 8.80. The number of hydrogen-bond acceptors (Lipinski definition) is 4. The first-order valence-corrected chi connectivity index (χ1v) is 11.1. The van der Waals surface area contributed by atoms with Crippen molar-refractivity contribution in [2.75, 3.05) is 0 Å². The van der Waals surface area contributed by atoms with Gasteiger partial charge in [-0.1, -0.05) is 44.8 Å². The van der Waals surface area contributed by atoms with E-state index in [2.05, 4.69) is 38.3 Å². The molecule has 5 heteroatoms. The van der Waals surface area contributed by atoms with Crippen molar-refractivity contribution < 1.29 is 15.0 Å². The molecule has 4 nitrogen and oxygen atoms in total. The maximum atomic E-state index is 11.1. The molecule has 1 aliphatic heterocycles. The minimum atomic E-state index is -0.526. The van der Waals surface area contributed by atoms with Crippen LogP contribution in [0.1, 0.15) is 72.1 Å². The maximum absolute atomic E-state index is 11.1. The molecule has 2 rings (SSSR count). The summed E-state index contributed by atoms with van der Waals surface area (Å²) >= 11 is 3.83. The van der Waals surface area contributed by atoms with Gasteiger partial charge >= 0.3 is 0 Å². The van der Waals surface area contributed by atoms with E-state index in [0.717, 1.165) is 44.2 Å². The fraction of sp³-hybridized carbons (Fsp3) is 0.739. The molecule has 1 aliphatic carbocycles. The lowest BCUT2D eigenvalue weighted by atomic mass is 9.82. The van der Waals surface area contributed by atoms with Gasteiger partial charge in [-0.3, -0.25) is 9.79 Å². The van der Waals surface area contributed by atoms with Gasteiger partial charge in [-0.2, -0.15) is 0 Å². The number of aliphatic hydroxyl groups excluding tert-OH is 2. The smallest absolute Gasteiger partial charge is 0.185 e. The molecule has 2 N–H and O–H groups in total. The van der Waals surface area contributed by atoms with Crippen LogP contribution in [-0.2, 0) is 4.79 Å². The molecule has 0 aromatic heterocycles. The number of unbranched alkanes of at least 4 members (excludes halogenated alkanes) is 1. The van der Waals surface area contributed by atoms with Crippen LogP contribution in [0.5, 0.6) is 0 Å². The number of carbonyl (C=O) groups is 1. The fourth-order valence-corrected chi connectivity index (χ4v) is 4.75. The normalized spacial score (nSPS) is 31.2. The van der Waals surface area contributed by atoms with Gasteiger partial charge in [-0.25, -0.2) is 0 Å². The molecule has 0 bridgehead atoms. The minimum absolute atomic E-state index is 0.0540. The molecule has 156 valence electrons. The molecule has 2 aliphatic rings. The van der Waals surface area contributed by atoms with Gasteiger partial charge in [0, 0.05) is 30.4 Å². The van der Waals surface area contributed by atoms with E-state index in [1.165, 1.54) is 0 Å². The molecule has 1 saturated carbocycles. The van der Waals surface area contributed by atoms with Crippen LogP contribution < -0.4 is 0 Å². The van der Waals surface area contributed by atoms with Gasteiger partial charge in [0.25, 0.3) is 0 Å². The summed E-state index contributed by atoms with van der Waals surface area (Å²) in [6, 6.07) is 0. The first kappa shape index (κ1) is 23.2. The van der Waals surface area contributed by atoms with Crippen molar-refractivity contribution in [1.82, 2.24) is 0 Å². The molecule has 28 heavy (non-hydrogen) atoms. The van der Waals surface area contributed by atoms with Crippen molar-refractivity contribution in [1.29, 1.82) is 0 Å². The topological polar surface area (TPSA) is 69.9 Å². The lowest BCUT2D eigenvalue weighted by Crippen LogP contribution is -2.27. The van der Waals surface area contributed by atoms with E-state index in [1.54, 1.807) is 0 Å². The summed E-state index contributed by atoms with van der Waals surface area (Å²) < 4.78 is 0. The summed E-state index contributed by atoms with van der Waals surface area (Å²) in [5.74, 6) is 6.57. The fourth-order valence-electron chi connectivity index (χ4n) is 4.59. The second-order valence-corrected chi connectivity index (χ2v) is 8.88. The van der Waals surface area contributed by atoms with E-state index in [-0.39, 0.29) is 22.9 Å². The predicted octanol–water partition coefficient (Wildman–Crippen LogP) is 3.96. The van der Waals surface area contributed by atoms with E-state index < -0.39 is 17.7 Å². The van der Waals surface area contributed by atoms with E-state index in [4.69, 9.17) is 4.99 Å². The summed E-state index contributed by atoms with van der Waals surface area (Å²) in [5.41, 5.74) is 0.562. The van der Waals surface area contributed by atoms with Crippen LogP contribution in [-0.4, -0.2) is 38.8 Å². The first-order valence-electron chi connectivity index (χ1n) is 10.6. The highest BCUT2D eigenvalue weighted by molar-refractivity contribution is 7.96. The van der Waals surface area contributed by atoms with Crippen LogP contribution in [0.2, 0.25) is 0 Å². The van der Waals surface area contributed by atoms with Crippen LogP contribution >= 0.6 is 12.6 Å². The zero-order valence-electron chi connectivity index (χ0n) is 17.4. The molecule has 0 saturated heterocycles. The highest BCUT2D eigenvalue weighted by atomic mass is 32.1. The average molecular weight is 406 g/mol. The first-order chi connectivity index (χ1) is 13.3. The van der Waals surface area contributed by atoms with Crippen molar-refractivity contribution in [3.8, 4) is 11.8 Å². The van der Waals surface area contributed by atoms with Gasteiger partial charge in [0.05, 0.1) is 12.2 Å². The Morgan fingerprint density at radius 1 is 1.46 bits per heavy atom. The van der Waals surface area contributed by atoms with Crippen molar-refractivity contribution in [2.24, 2.45) is 22.7 Å². The van der Waals surface area contributed by atoms with Gasteiger partial charge in [-0.05, 0) is 38.5 Å². The number of aliphatic imine (C=N–C) groups is 1. The molecule has 0 radical (unpaired) electrons. The lowest BCUT2D eigenvalue weighted by Gasteiger charge is -2.22. The zero-order valence-corrected chi connectivity index (χ0v) is 18.3. The van der Waals surface area contributed by atoms with Crippen LogP contribution in [0, 0.1) is 29.6 Å². The van der Waals surface area contributed by atoms with Gasteiger partial charge in [0.1, 0.15) is 5.54 Å². The van der Waals surface area contributed by atoms with E-state index in [1.807, 2.05) is 19.1 Å². The van der Waals surface area contributed by atoms with E-state index >= 15 is 0 Å². The number of fused-ring (bicyclic) bond motifs is 1. The Bertz CT molecular complexity index is 662. The summed E-state index contributed by atoms with van der Waals surface area (Å²) in [5, 5.41) is 21.1. The number of carbonyl (C=O) groups excluding carboxylic acids is 1. The van der Waals surface area contributed by atoms with Crippen molar-refractivity contribution in [3.05, 3.63) is 12.2 Å². The van der Waals surface area contributed by atoms with Gasteiger partial charge in [-0.15, -0.1) is 18.5 Å². The van der Waals surface area contributed by atoms with Gasteiger partial charge in [0.15, 0.2) is 5.12 Å². The van der Waals surface area contributed by atoms with Crippen LogP contribution in [0.15, 0.2) is 17.1 Å². The van der Waals surface area contributed by atoms with Crippen molar-refractivity contribution >= 4 is 23.5 Å². The number of nitrogens with zero attached hydrogens (tertiary/aromatic N) is 1. The number of rotatable bonds is 10. The Labute approximate surface area is 175 Å². The molecular formula is C23H35NO3S. The second kappa shape index (κ2) is 10.6. The molecule has 6 unspecified atom stereocenters. The van der Waals surface area contributed by atoms with E-state index in [9.17, 15) is 15.0 Å². The quantitative estimate of drug-likeness (QED) is 0.293. The van der Waals surface area contributed by atoms with Crippen LogP contribution in [0.25, 0.3) is 0 Å². The second-order valence-electron chi connectivity index (χ2n) is 8.38. The number of thiol groups is 1. The Morgan fingerprint density at radius 2 is 2.21 bits per heavy atom. The standard InChI is InChI=1S/C23H35NO3S/c1-4-6-8-16(3)20(25)12-11-18-19-14-17(9-7-10-22(27)28)24-23(19,13-5-2)15-21(18)26/h11-12,16,18-21,25-26H,4,6-10,14-15H2,1-3H3,(H,27,28)/b12-11+. The molecule has 1 heterocycles. The summed E-state index contributed by atoms with van der Waals surface area (Å²) in [4.78, 5) is 16.0. The average Bonchev–Trinajstić information content (AvgIpc) is 3.08. The summed E-state index contributed by atoms with van der Waals surface area (Å²) in [7, 11) is 0. The molecule has 0 aromatic rings. The highest BCUT2D eigenvalue weighted by Gasteiger charge is 2.54. The summed E-state index contributed by atoms with van der Waals surface area (Å²) in [6.07, 6.45) is 9.42. The molecule has 0 amide bonds. The SMILES string of the molecule is CC#CC12CC(O)C(/C=C/C(O)C(C)CCCC)C1CC(CCCC(=O)S)=N2. The van der Waals surface area contributed by atoms with Crippen LogP contribution in [0.3, 0.4) is 0 Å². The molecular weight excluding hydrogens is 370 g/mol. The molecule has 1 fully saturated rings. The van der Waals surface area contributed by atoms with Crippen molar-refractivity contribution in [2.45, 2.75) is 89.9 Å². The minimum Gasteiger partial charge on any atom is -0.392 e. The number of hydrogen-bond donors (Lipinski definition) is 3. The largest absolute Gasteiger partial charge is 0.392 e. The lowest BCUT2D eigenvalue weighted by molar-refractivity contribution is -0.110. The Balaban J connectivity index is 2.09. The Hall–Kier alpha value is -1.09. The van der Waals surface area contributed by atoms with Crippen LogP contribution in [0.4, 0.5) is 0 Å². The molecule has 6 atom stereocenters. The van der Waals surface area contributed by atoms with Crippen molar-refractivity contribution in [3.63, 3.8) is 0 Å². The monoisotopic (exact) mass is 405 g/mol. The third kappa shape index (κ3) is 5.72. The molecule has 0 spiro atoms. The maximum Gasteiger partial charge on any atom is 0.185 e. The van der Waals surface area contributed by atoms with Gasteiger partial charge in [0.2, 0.25) is 0 Å². The number of aliphatic hydroxyl groups is 2. The third-order valence-corrected chi connectivity index (χ3v) is 6.40. The highest BCUT2D eigenvalue weighted by Crippen LogP contribution is 2.50. The van der Waals surface area contributed by atoms with E-state index in [0.29, 0.717) is 12.8 Å². The Morgan fingerprint density at radius 3 is 2.86 bits per heavy atom. The summed E-state index contributed by atoms with van der Waals surface area (Å²) in [6.45, 7) is 6.04. The molecule has 0 aromatic carbocycles.